The van der Waals surface area contributed by atoms with Crippen LogP contribution in [0.3, 0.4) is 0 Å². The van der Waals surface area contributed by atoms with E-state index in [1.54, 1.807) is 0 Å². The largest absolute Gasteiger partial charge is 0.481 e. The van der Waals surface area contributed by atoms with E-state index in [4.69, 9.17) is 14.6 Å². The molecule has 0 aromatic heterocycles. The number of hydrogen-bond donors (Lipinski definition) is 1. The molecule has 0 bridgehead atoms. The number of ether oxygens (including phenoxy) is 2. The number of morpholine rings is 1. The molecule has 1 aliphatic carbocycles. The van der Waals surface area contributed by atoms with Crippen LogP contribution >= 0.6 is 0 Å². The van der Waals surface area contributed by atoms with Crippen LogP contribution in [0.5, 0.6) is 0 Å². The summed E-state index contributed by atoms with van der Waals surface area (Å²) in [5.41, 5.74) is 0.0766. The molecule has 2 aliphatic heterocycles. The maximum absolute atomic E-state index is 11.1. The van der Waals surface area contributed by atoms with Gasteiger partial charge in [0.25, 0.3) is 0 Å². The first-order valence-corrected chi connectivity index (χ1v) is 8.38. The number of carbonyl (C=O) groups is 1. The molecular weight excluding hydrogens is 270 g/mol. The van der Waals surface area contributed by atoms with E-state index in [-0.39, 0.29) is 18.1 Å². The number of aliphatic carboxylic acids is 1. The third-order valence-corrected chi connectivity index (χ3v) is 5.38. The number of carboxylic acid groups (broad SMARTS) is 1. The van der Waals surface area contributed by atoms with E-state index in [1.807, 2.05) is 0 Å². The molecule has 1 saturated carbocycles. The van der Waals surface area contributed by atoms with Crippen LogP contribution in [0.4, 0.5) is 0 Å². The van der Waals surface area contributed by atoms with Crippen molar-refractivity contribution in [3.05, 3.63) is 0 Å². The molecule has 2 heterocycles. The summed E-state index contributed by atoms with van der Waals surface area (Å²) >= 11 is 0. The molecule has 2 unspecified atom stereocenters. The van der Waals surface area contributed by atoms with Gasteiger partial charge in [-0.1, -0.05) is 19.3 Å². The molecule has 0 aromatic rings. The third kappa shape index (κ3) is 3.58. The second-order valence-corrected chi connectivity index (χ2v) is 6.80. The SMILES string of the molecule is O=C(O)CC1COCCN1C1CCOC2(CCCCC2)C1. The van der Waals surface area contributed by atoms with E-state index in [0.29, 0.717) is 12.6 Å². The minimum absolute atomic E-state index is 0.0278. The summed E-state index contributed by atoms with van der Waals surface area (Å²) in [5.74, 6) is -0.727. The zero-order valence-electron chi connectivity index (χ0n) is 12.8. The van der Waals surface area contributed by atoms with Crippen LogP contribution in [-0.4, -0.2) is 60.0 Å². The Kier molecular flexibility index (Phi) is 4.82. The first kappa shape index (κ1) is 15.3. The van der Waals surface area contributed by atoms with Gasteiger partial charge in [-0.05, 0) is 25.7 Å². The molecule has 21 heavy (non-hydrogen) atoms. The minimum atomic E-state index is -0.727. The predicted octanol–water partition coefficient (Wildman–Crippen LogP) is 2.04. The third-order valence-electron chi connectivity index (χ3n) is 5.38. The molecule has 5 nitrogen and oxygen atoms in total. The fraction of sp³-hybridized carbons (Fsp3) is 0.938. The van der Waals surface area contributed by atoms with Gasteiger partial charge in [-0.3, -0.25) is 9.69 Å². The molecule has 1 N–H and O–H groups in total. The maximum atomic E-state index is 11.1. The van der Waals surface area contributed by atoms with Gasteiger partial charge in [-0.25, -0.2) is 0 Å². The van der Waals surface area contributed by atoms with Crippen LogP contribution in [-0.2, 0) is 14.3 Å². The standard InChI is InChI=1S/C16H27NO4/c18-15(19)10-14-12-20-9-7-17(14)13-4-8-21-16(11-13)5-2-1-3-6-16/h13-14H,1-12H2,(H,18,19). The van der Waals surface area contributed by atoms with Crippen molar-refractivity contribution in [2.24, 2.45) is 0 Å². The molecule has 0 amide bonds. The summed E-state index contributed by atoms with van der Waals surface area (Å²) in [7, 11) is 0. The summed E-state index contributed by atoms with van der Waals surface area (Å²) in [6.07, 6.45) is 8.51. The van der Waals surface area contributed by atoms with Gasteiger partial charge < -0.3 is 14.6 Å². The highest BCUT2D eigenvalue weighted by Crippen LogP contribution is 2.40. The lowest BCUT2D eigenvalue weighted by atomic mass is 9.77. The summed E-state index contributed by atoms with van der Waals surface area (Å²) in [6, 6.07) is 0.491. The van der Waals surface area contributed by atoms with E-state index >= 15 is 0 Å². The van der Waals surface area contributed by atoms with E-state index in [1.165, 1.54) is 32.1 Å². The fourth-order valence-corrected chi connectivity index (χ4v) is 4.36. The highest BCUT2D eigenvalue weighted by molar-refractivity contribution is 5.67. The van der Waals surface area contributed by atoms with Crippen molar-refractivity contribution >= 4 is 5.97 Å². The van der Waals surface area contributed by atoms with Gasteiger partial charge in [0.2, 0.25) is 0 Å². The summed E-state index contributed by atoms with van der Waals surface area (Å²) < 4.78 is 11.7. The van der Waals surface area contributed by atoms with Crippen molar-refractivity contribution in [1.29, 1.82) is 0 Å². The first-order chi connectivity index (χ1) is 10.2. The van der Waals surface area contributed by atoms with Crippen molar-refractivity contribution in [2.75, 3.05) is 26.4 Å². The molecule has 2 saturated heterocycles. The van der Waals surface area contributed by atoms with E-state index in [9.17, 15) is 4.79 Å². The van der Waals surface area contributed by atoms with Crippen molar-refractivity contribution in [1.82, 2.24) is 4.90 Å². The van der Waals surface area contributed by atoms with Crippen LogP contribution in [0.1, 0.15) is 51.4 Å². The number of hydrogen-bond acceptors (Lipinski definition) is 4. The Morgan fingerprint density at radius 2 is 2.05 bits per heavy atom. The van der Waals surface area contributed by atoms with E-state index < -0.39 is 5.97 Å². The van der Waals surface area contributed by atoms with Gasteiger partial charge in [-0.15, -0.1) is 0 Å². The highest BCUT2D eigenvalue weighted by atomic mass is 16.5. The number of rotatable bonds is 3. The Labute approximate surface area is 126 Å². The Hall–Kier alpha value is -0.650. The highest BCUT2D eigenvalue weighted by Gasteiger charge is 2.42. The normalized spacial score (nSPS) is 33.9. The molecule has 5 heteroatoms. The average Bonchev–Trinajstić information content (AvgIpc) is 2.48. The van der Waals surface area contributed by atoms with Crippen molar-refractivity contribution in [2.45, 2.75) is 69.1 Å². The minimum Gasteiger partial charge on any atom is -0.481 e. The topological polar surface area (TPSA) is 59.0 Å². The van der Waals surface area contributed by atoms with Crippen LogP contribution in [0.25, 0.3) is 0 Å². The Bertz CT molecular complexity index is 362. The molecule has 0 radical (unpaired) electrons. The van der Waals surface area contributed by atoms with Crippen molar-refractivity contribution in [3.8, 4) is 0 Å². The van der Waals surface area contributed by atoms with Gasteiger partial charge in [0.1, 0.15) is 0 Å². The van der Waals surface area contributed by atoms with Gasteiger partial charge in [0.05, 0.1) is 25.2 Å². The van der Waals surface area contributed by atoms with Crippen LogP contribution in [0.15, 0.2) is 0 Å². The van der Waals surface area contributed by atoms with Gasteiger partial charge in [0.15, 0.2) is 0 Å². The molecule has 3 fully saturated rings. The van der Waals surface area contributed by atoms with Gasteiger partial charge >= 0.3 is 5.97 Å². The van der Waals surface area contributed by atoms with Crippen LogP contribution < -0.4 is 0 Å². The van der Waals surface area contributed by atoms with Crippen molar-refractivity contribution < 1.29 is 19.4 Å². The molecule has 3 rings (SSSR count). The zero-order chi connectivity index (χ0) is 14.7. The number of carboxylic acids is 1. The lowest BCUT2D eigenvalue weighted by Gasteiger charge is -2.49. The van der Waals surface area contributed by atoms with E-state index in [0.717, 1.165) is 32.6 Å². The quantitative estimate of drug-likeness (QED) is 0.864. The zero-order valence-corrected chi connectivity index (χ0v) is 12.8. The molecule has 120 valence electrons. The Morgan fingerprint density at radius 3 is 2.81 bits per heavy atom. The fourth-order valence-electron chi connectivity index (χ4n) is 4.36. The summed E-state index contributed by atoms with van der Waals surface area (Å²) in [5, 5.41) is 9.12. The van der Waals surface area contributed by atoms with Gasteiger partial charge in [0, 0.05) is 25.2 Å². The summed E-state index contributed by atoms with van der Waals surface area (Å²) in [6.45, 7) is 2.96. The van der Waals surface area contributed by atoms with Gasteiger partial charge in [-0.2, -0.15) is 0 Å². The predicted molar refractivity (Wildman–Crippen MR) is 78.4 cm³/mol. The molecule has 1 spiro atoms. The lowest BCUT2D eigenvalue weighted by molar-refractivity contribution is -0.149. The molecular formula is C16H27NO4. The average molecular weight is 297 g/mol. The maximum Gasteiger partial charge on any atom is 0.305 e. The first-order valence-electron chi connectivity index (χ1n) is 8.38. The van der Waals surface area contributed by atoms with Crippen LogP contribution in [0, 0.1) is 0 Å². The number of nitrogens with zero attached hydrogens (tertiary/aromatic N) is 1. The molecule has 2 atom stereocenters. The van der Waals surface area contributed by atoms with E-state index in [2.05, 4.69) is 4.90 Å². The van der Waals surface area contributed by atoms with Crippen molar-refractivity contribution in [3.63, 3.8) is 0 Å². The monoisotopic (exact) mass is 297 g/mol. The summed E-state index contributed by atoms with van der Waals surface area (Å²) in [4.78, 5) is 13.5. The second kappa shape index (κ2) is 6.63. The Morgan fingerprint density at radius 1 is 1.24 bits per heavy atom. The smallest absolute Gasteiger partial charge is 0.305 e. The molecule has 3 aliphatic rings. The Balaban J connectivity index is 1.67. The second-order valence-electron chi connectivity index (χ2n) is 6.80. The lowest BCUT2D eigenvalue weighted by Crippen LogP contribution is -2.56. The van der Waals surface area contributed by atoms with Crippen LogP contribution in [0.2, 0.25) is 0 Å². The molecule has 0 aromatic carbocycles.